The van der Waals surface area contributed by atoms with Gasteiger partial charge < -0.3 is 10.6 Å². The molecule has 0 heterocycles. The van der Waals surface area contributed by atoms with Crippen molar-refractivity contribution in [3.63, 3.8) is 0 Å². The lowest BCUT2D eigenvalue weighted by atomic mass is 10.1. The van der Waals surface area contributed by atoms with Gasteiger partial charge in [0.25, 0.3) is 0 Å². The number of nitrogens with zero attached hydrogens (tertiary/aromatic N) is 1. The van der Waals surface area contributed by atoms with Gasteiger partial charge in [-0.1, -0.05) is 12.1 Å². The molecule has 0 amide bonds. The molecule has 118 valence electrons. The van der Waals surface area contributed by atoms with E-state index in [0.29, 0.717) is 0 Å². The number of aliphatic imine (C=N–C) groups is 1. The molecule has 0 bridgehead atoms. The lowest BCUT2D eigenvalue weighted by Crippen LogP contribution is -2.38. The molecule has 2 N–H and O–H groups in total. The van der Waals surface area contributed by atoms with Crippen LogP contribution in [-0.4, -0.2) is 37.6 Å². The Balaban J connectivity index is 2.29. The fourth-order valence-electron chi connectivity index (χ4n) is 1.87. The van der Waals surface area contributed by atoms with Gasteiger partial charge in [0.2, 0.25) is 0 Å². The van der Waals surface area contributed by atoms with Crippen LogP contribution in [0.3, 0.4) is 0 Å². The fourth-order valence-corrected chi connectivity index (χ4v) is 2.36. The van der Waals surface area contributed by atoms with E-state index in [2.05, 4.69) is 28.8 Å². The molecule has 1 rings (SSSR count). The molecule has 0 fully saturated rings. The van der Waals surface area contributed by atoms with Crippen LogP contribution in [0, 0.1) is 5.82 Å². The number of rotatable bonds is 9. The number of guanidine groups is 1. The fraction of sp³-hybridized carbons (Fsp3) is 0.562. The molecule has 0 unspecified atom stereocenters. The SMILES string of the molecule is CCNC(=NCCCCSC)NCCc1ccc(F)cc1. The predicted octanol–water partition coefficient (Wildman–Crippen LogP) is 3.07. The van der Waals surface area contributed by atoms with Gasteiger partial charge in [-0.05, 0) is 55.9 Å². The van der Waals surface area contributed by atoms with E-state index in [1.807, 2.05) is 23.9 Å². The topological polar surface area (TPSA) is 36.4 Å². The zero-order chi connectivity index (χ0) is 15.3. The minimum absolute atomic E-state index is 0.188. The van der Waals surface area contributed by atoms with Crippen molar-refractivity contribution in [2.24, 2.45) is 4.99 Å². The van der Waals surface area contributed by atoms with E-state index in [9.17, 15) is 4.39 Å². The monoisotopic (exact) mass is 311 g/mol. The van der Waals surface area contributed by atoms with Crippen LogP contribution >= 0.6 is 11.8 Å². The molecule has 3 nitrogen and oxygen atoms in total. The number of hydrogen-bond acceptors (Lipinski definition) is 2. The third-order valence-electron chi connectivity index (χ3n) is 2.99. The number of thioether (sulfide) groups is 1. The Morgan fingerprint density at radius 3 is 2.62 bits per heavy atom. The maximum Gasteiger partial charge on any atom is 0.191 e. The molecule has 0 aromatic heterocycles. The summed E-state index contributed by atoms with van der Waals surface area (Å²) in [6.45, 7) is 4.56. The van der Waals surface area contributed by atoms with Crippen molar-refractivity contribution in [2.75, 3.05) is 31.6 Å². The van der Waals surface area contributed by atoms with Gasteiger partial charge in [-0.3, -0.25) is 4.99 Å². The van der Waals surface area contributed by atoms with E-state index in [-0.39, 0.29) is 5.82 Å². The summed E-state index contributed by atoms with van der Waals surface area (Å²) in [7, 11) is 0. The van der Waals surface area contributed by atoms with Crippen LogP contribution in [-0.2, 0) is 6.42 Å². The number of benzene rings is 1. The molecule has 5 heteroatoms. The Kier molecular flexibility index (Phi) is 9.70. The number of nitrogens with one attached hydrogen (secondary N) is 2. The lowest BCUT2D eigenvalue weighted by Gasteiger charge is -2.11. The molecule has 0 aliphatic carbocycles. The van der Waals surface area contributed by atoms with Crippen LogP contribution in [0.4, 0.5) is 4.39 Å². The Morgan fingerprint density at radius 1 is 1.19 bits per heavy atom. The van der Waals surface area contributed by atoms with Crippen molar-refractivity contribution in [3.05, 3.63) is 35.6 Å². The summed E-state index contributed by atoms with van der Waals surface area (Å²) in [5.41, 5.74) is 1.12. The summed E-state index contributed by atoms with van der Waals surface area (Å²) in [5, 5.41) is 6.56. The highest BCUT2D eigenvalue weighted by Crippen LogP contribution is 2.02. The summed E-state index contributed by atoms with van der Waals surface area (Å²) in [6.07, 6.45) is 5.32. The standard InChI is InChI=1S/C16H26FN3S/c1-3-18-16(19-11-4-5-13-21-2)20-12-10-14-6-8-15(17)9-7-14/h6-9H,3-5,10-13H2,1-2H3,(H2,18,19,20). The third-order valence-corrected chi connectivity index (χ3v) is 3.69. The molecule has 0 spiro atoms. The summed E-state index contributed by atoms with van der Waals surface area (Å²) in [4.78, 5) is 4.56. The van der Waals surface area contributed by atoms with E-state index < -0.39 is 0 Å². The molecule has 21 heavy (non-hydrogen) atoms. The van der Waals surface area contributed by atoms with Crippen molar-refractivity contribution in [3.8, 4) is 0 Å². The van der Waals surface area contributed by atoms with Gasteiger partial charge in [-0.2, -0.15) is 11.8 Å². The third kappa shape index (κ3) is 8.60. The zero-order valence-electron chi connectivity index (χ0n) is 13.0. The number of unbranched alkanes of at least 4 members (excludes halogenated alkanes) is 1. The summed E-state index contributed by atoms with van der Waals surface area (Å²) < 4.78 is 12.8. The van der Waals surface area contributed by atoms with Crippen molar-refractivity contribution in [2.45, 2.75) is 26.2 Å². The minimum Gasteiger partial charge on any atom is -0.357 e. The van der Waals surface area contributed by atoms with E-state index >= 15 is 0 Å². The molecule has 1 aromatic carbocycles. The maximum atomic E-state index is 12.8. The molecular weight excluding hydrogens is 285 g/mol. The number of halogens is 1. The van der Waals surface area contributed by atoms with Crippen LogP contribution in [0.1, 0.15) is 25.3 Å². The molecular formula is C16H26FN3S. The van der Waals surface area contributed by atoms with Crippen molar-refractivity contribution in [1.29, 1.82) is 0 Å². The van der Waals surface area contributed by atoms with Crippen molar-refractivity contribution >= 4 is 17.7 Å². The summed E-state index contributed by atoms with van der Waals surface area (Å²) in [6, 6.07) is 6.65. The van der Waals surface area contributed by atoms with Gasteiger partial charge in [0, 0.05) is 19.6 Å². The van der Waals surface area contributed by atoms with Crippen LogP contribution < -0.4 is 10.6 Å². The average Bonchev–Trinajstić information content (AvgIpc) is 2.49. The first-order valence-corrected chi connectivity index (χ1v) is 8.91. The van der Waals surface area contributed by atoms with Crippen LogP contribution in [0.2, 0.25) is 0 Å². The maximum absolute atomic E-state index is 12.8. The van der Waals surface area contributed by atoms with Gasteiger partial charge in [-0.15, -0.1) is 0 Å². The zero-order valence-corrected chi connectivity index (χ0v) is 13.8. The Bertz CT molecular complexity index is 406. The van der Waals surface area contributed by atoms with Crippen LogP contribution in [0.15, 0.2) is 29.3 Å². The van der Waals surface area contributed by atoms with Gasteiger partial charge in [0.1, 0.15) is 5.82 Å². The second kappa shape index (κ2) is 11.4. The van der Waals surface area contributed by atoms with E-state index in [1.165, 1.54) is 24.3 Å². The van der Waals surface area contributed by atoms with Crippen LogP contribution in [0.5, 0.6) is 0 Å². The Labute approximate surface area is 131 Å². The Hall–Kier alpha value is -1.23. The molecule has 0 radical (unpaired) electrons. The first-order chi connectivity index (χ1) is 10.3. The summed E-state index contributed by atoms with van der Waals surface area (Å²) in [5.74, 6) is 1.87. The first kappa shape index (κ1) is 17.8. The molecule has 0 saturated carbocycles. The van der Waals surface area contributed by atoms with Gasteiger partial charge >= 0.3 is 0 Å². The second-order valence-electron chi connectivity index (χ2n) is 4.76. The number of hydrogen-bond donors (Lipinski definition) is 2. The minimum atomic E-state index is -0.188. The second-order valence-corrected chi connectivity index (χ2v) is 5.75. The quantitative estimate of drug-likeness (QED) is 0.418. The first-order valence-electron chi connectivity index (χ1n) is 7.51. The van der Waals surface area contributed by atoms with E-state index in [4.69, 9.17) is 0 Å². The van der Waals surface area contributed by atoms with Crippen molar-refractivity contribution < 1.29 is 4.39 Å². The molecule has 0 aliphatic heterocycles. The summed E-state index contributed by atoms with van der Waals surface area (Å²) >= 11 is 1.88. The largest absolute Gasteiger partial charge is 0.357 e. The highest BCUT2D eigenvalue weighted by molar-refractivity contribution is 7.98. The molecule has 1 aromatic rings. The van der Waals surface area contributed by atoms with Gasteiger partial charge in [0.05, 0.1) is 0 Å². The highest BCUT2D eigenvalue weighted by Gasteiger charge is 1.98. The molecule has 0 aliphatic rings. The van der Waals surface area contributed by atoms with E-state index in [1.54, 1.807) is 0 Å². The van der Waals surface area contributed by atoms with E-state index in [0.717, 1.165) is 44.0 Å². The highest BCUT2D eigenvalue weighted by atomic mass is 32.2. The van der Waals surface area contributed by atoms with Crippen molar-refractivity contribution in [1.82, 2.24) is 10.6 Å². The average molecular weight is 311 g/mol. The normalized spacial score (nSPS) is 11.5. The lowest BCUT2D eigenvalue weighted by molar-refractivity contribution is 0.626. The smallest absolute Gasteiger partial charge is 0.191 e. The predicted molar refractivity (Wildman–Crippen MR) is 91.7 cm³/mol. The van der Waals surface area contributed by atoms with Gasteiger partial charge in [-0.25, -0.2) is 4.39 Å². The molecule has 0 atom stereocenters. The van der Waals surface area contributed by atoms with Gasteiger partial charge in [0.15, 0.2) is 5.96 Å². The van der Waals surface area contributed by atoms with Crippen LogP contribution in [0.25, 0.3) is 0 Å². The molecule has 0 saturated heterocycles. The Morgan fingerprint density at radius 2 is 1.95 bits per heavy atom.